The zero-order chi connectivity index (χ0) is 19.2. The summed E-state index contributed by atoms with van der Waals surface area (Å²) in [6.07, 6.45) is 2.04. The Morgan fingerprint density at radius 1 is 1.44 bits per heavy atom. The molecule has 0 bridgehead atoms. The average molecular weight is 411 g/mol. The van der Waals surface area contributed by atoms with Gasteiger partial charge in [0.2, 0.25) is 0 Å². The summed E-state index contributed by atoms with van der Waals surface area (Å²) in [7, 11) is 0. The van der Waals surface area contributed by atoms with Crippen molar-refractivity contribution in [2.45, 2.75) is 39.3 Å². The summed E-state index contributed by atoms with van der Waals surface area (Å²) in [5.41, 5.74) is 1.16. The molecule has 3 rings (SSSR count). The Hall–Kier alpha value is -1.41. The Bertz CT molecular complexity index is 741. The summed E-state index contributed by atoms with van der Waals surface area (Å²) in [5.74, 6) is -0.157. The van der Waals surface area contributed by atoms with Gasteiger partial charge in [0.1, 0.15) is 5.15 Å². The molecule has 2 aromatic rings. The van der Waals surface area contributed by atoms with Gasteiger partial charge in [-0.25, -0.2) is 0 Å². The monoisotopic (exact) mass is 410 g/mol. The van der Waals surface area contributed by atoms with E-state index < -0.39 is 0 Å². The van der Waals surface area contributed by atoms with Crippen LogP contribution < -0.4 is 5.32 Å². The van der Waals surface area contributed by atoms with Crippen molar-refractivity contribution in [2.24, 2.45) is 0 Å². The highest BCUT2D eigenvalue weighted by molar-refractivity contribution is 7.10. The molecule has 148 valence electrons. The number of unbranched alkanes of at least 4 members (excludes halogenated alkanes) is 1. The van der Waals surface area contributed by atoms with Crippen LogP contribution in [-0.2, 0) is 11.3 Å². The SMILES string of the molecule is CCCCn1nc(C)c(C(=O)NCC(c2cccs2)N2CCOCC2)c1Cl. The van der Waals surface area contributed by atoms with Crippen molar-refractivity contribution in [2.75, 3.05) is 32.8 Å². The minimum absolute atomic E-state index is 0.145. The molecular formula is C19H27ClN4O2S. The molecule has 2 aromatic heterocycles. The molecule has 0 aromatic carbocycles. The van der Waals surface area contributed by atoms with E-state index in [0.29, 0.717) is 23.0 Å². The third-order valence-corrected chi connectivity index (χ3v) is 6.19. The first-order chi connectivity index (χ1) is 13.1. The summed E-state index contributed by atoms with van der Waals surface area (Å²) in [5, 5.41) is 10.0. The van der Waals surface area contributed by atoms with E-state index in [2.05, 4.69) is 33.7 Å². The molecule has 6 nitrogen and oxygen atoms in total. The number of carbonyl (C=O) groups excluding carboxylic acids is 1. The van der Waals surface area contributed by atoms with Gasteiger partial charge in [-0.3, -0.25) is 14.4 Å². The number of nitrogens with one attached hydrogen (secondary N) is 1. The van der Waals surface area contributed by atoms with Crippen LogP contribution in [0.4, 0.5) is 0 Å². The van der Waals surface area contributed by atoms with Crippen LogP contribution in [0.2, 0.25) is 5.15 Å². The second-order valence-electron chi connectivity index (χ2n) is 6.72. The highest BCUT2D eigenvalue weighted by Crippen LogP contribution is 2.26. The fraction of sp³-hybridized carbons (Fsp3) is 0.579. The average Bonchev–Trinajstić information content (AvgIpc) is 3.29. The van der Waals surface area contributed by atoms with Gasteiger partial charge in [-0.15, -0.1) is 11.3 Å². The normalized spacial score (nSPS) is 16.4. The lowest BCUT2D eigenvalue weighted by molar-refractivity contribution is 0.0169. The number of carbonyl (C=O) groups is 1. The van der Waals surface area contributed by atoms with E-state index in [0.717, 1.165) is 45.7 Å². The fourth-order valence-corrected chi connectivity index (χ4v) is 4.53. The van der Waals surface area contributed by atoms with Gasteiger partial charge in [-0.1, -0.05) is 31.0 Å². The van der Waals surface area contributed by atoms with E-state index in [4.69, 9.17) is 16.3 Å². The number of aromatic nitrogens is 2. The first kappa shape index (κ1) is 20.3. The molecule has 1 aliphatic rings. The Balaban J connectivity index is 1.70. The molecule has 1 N–H and O–H groups in total. The van der Waals surface area contributed by atoms with Crippen molar-refractivity contribution >= 4 is 28.8 Å². The maximum Gasteiger partial charge on any atom is 0.256 e. The lowest BCUT2D eigenvalue weighted by Gasteiger charge is -2.34. The van der Waals surface area contributed by atoms with Gasteiger partial charge >= 0.3 is 0 Å². The summed E-state index contributed by atoms with van der Waals surface area (Å²) >= 11 is 8.15. The minimum atomic E-state index is -0.157. The third-order valence-electron chi connectivity index (χ3n) is 4.83. The molecule has 0 saturated carbocycles. The molecule has 0 aliphatic carbocycles. The van der Waals surface area contributed by atoms with Gasteiger partial charge in [-0.2, -0.15) is 5.10 Å². The van der Waals surface area contributed by atoms with E-state index in [9.17, 15) is 4.79 Å². The Morgan fingerprint density at radius 3 is 2.89 bits per heavy atom. The maximum atomic E-state index is 12.8. The molecule has 0 radical (unpaired) electrons. The number of hydrogen-bond acceptors (Lipinski definition) is 5. The van der Waals surface area contributed by atoms with Crippen LogP contribution in [0.25, 0.3) is 0 Å². The van der Waals surface area contributed by atoms with Crippen molar-refractivity contribution in [1.29, 1.82) is 0 Å². The number of rotatable bonds is 8. The van der Waals surface area contributed by atoms with Crippen LogP contribution >= 0.6 is 22.9 Å². The molecule has 0 spiro atoms. The van der Waals surface area contributed by atoms with Gasteiger partial charge in [0.05, 0.1) is 30.5 Å². The number of nitrogens with zero attached hydrogens (tertiary/aromatic N) is 3. The quantitative estimate of drug-likeness (QED) is 0.723. The molecule has 1 amide bonds. The van der Waals surface area contributed by atoms with Crippen LogP contribution in [0.3, 0.4) is 0 Å². The van der Waals surface area contributed by atoms with E-state index >= 15 is 0 Å². The van der Waals surface area contributed by atoms with Gasteiger partial charge in [0, 0.05) is 31.1 Å². The summed E-state index contributed by atoms with van der Waals surface area (Å²) in [4.78, 5) is 16.5. The largest absolute Gasteiger partial charge is 0.379 e. The number of hydrogen-bond donors (Lipinski definition) is 1. The molecule has 1 aliphatic heterocycles. The number of halogens is 1. The molecule has 8 heteroatoms. The van der Waals surface area contributed by atoms with Crippen molar-refractivity contribution in [3.05, 3.63) is 38.8 Å². The summed E-state index contributed by atoms with van der Waals surface area (Å²) in [6, 6.07) is 4.32. The van der Waals surface area contributed by atoms with Crippen molar-refractivity contribution in [3.8, 4) is 0 Å². The standard InChI is InChI=1S/C19H27ClN4O2S/c1-3-4-7-24-18(20)17(14(2)22-24)19(25)21-13-15(16-6-5-12-27-16)23-8-10-26-11-9-23/h5-6,12,15H,3-4,7-11,13H2,1-2H3,(H,21,25). The van der Waals surface area contributed by atoms with Crippen LogP contribution in [0.15, 0.2) is 17.5 Å². The van der Waals surface area contributed by atoms with Crippen molar-refractivity contribution < 1.29 is 9.53 Å². The lowest BCUT2D eigenvalue weighted by atomic mass is 10.1. The molecule has 1 unspecified atom stereocenters. The maximum absolute atomic E-state index is 12.8. The van der Waals surface area contributed by atoms with E-state index in [1.165, 1.54) is 4.88 Å². The molecule has 3 heterocycles. The number of morpholine rings is 1. The van der Waals surface area contributed by atoms with E-state index in [1.54, 1.807) is 16.0 Å². The zero-order valence-corrected chi connectivity index (χ0v) is 17.5. The highest BCUT2D eigenvalue weighted by Gasteiger charge is 2.26. The topological polar surface area (TPSA) is 59.4 Å². The number of ether oxygens (including phenoxy) is 1. The van der Waals surface area contributed by atoms with E-state index in [1.807, 2.05) is 13.0 Å². The Morgan fingerprint density at radius 2 is 2.22 bits per heavy atom. The fourth-order valence-electron chi connectivity index (χ4n) is 3.32. The first-order valence-corrected chi connectivity index (χ1v) is 10.7. The number of thiophene rings is 1. The van der Waals surface area contributed by atoms with Crippen molar-refractivity contribution in [1.82, 2.24) is 20.0 Å². The summed E-state index contributed by atoms with van der Waals surface area (Å²) in [6.45, 7) is 8.41. The first-order valence-electron chi connectivity index (χ1n) is 9.48. The van der Waals surface area contributed by atoms with Crippen LogP contribution in [0.5, 0.6) is 0 Å². The second kappa shape index (κ2) is 9.68. The molecule has 1 atom stereocenters. The smallest absolute Gasteiger partial charge is 0.256 e. The van der Waals surface area contributed by atoms with Crippen LogP contribution in [0, 0.1) is 6.92 Å². The van der Waals surface area contributed by atoms with E-state index in [-0.39, 0.29) is 11.9 Å². The van der Waals surface area contributed by atoms with Gasteiger partial charge in [0.15, 0.2) is 0 Å². The van der Waals surface area contributed by atoms with Gasteiger partial charge in [-0.05, 0) is 24.8 Å². The summed E-state index contributed by atoms with van der Waals surface area (Å²) < 4.78 is 7.20. The minimum Gasteiger partial charge on any atom is -0.379 e. The van der Waals surface area contributed by atoms with Crippen LogP contribution in [-0.4, -0.2) is 53.4 Å². The Kier molecular flexibility index (Phi) is 7.29. The predicted molar refractivity (Wildman–Crippen MR) is 109 cm³/mol. The van der Waals surface area contributed by atoms with Crippen LogP contribution in [0.1, 0.15) is 46.7 Å². The molecule has 1 fully saturated rings. The predicted octanol–water partition coefficient (Wildman–Crippen LogP) is 3.51. The van der Waals surface area contributed by atoms with Crippen molar-refractivity contribution in [3.63, 3.8) is 0 Å². The van der Waals surface area contributed by atoms with Gasteiger partial charge < -0.3 is 10.1 Å². The highest BCUT2D eigenvalue weighted by atomic mass is 35.5. The number of aryl methyl sites for hydroxylation is 2. The molecule has 27 heavy (non-hydrogen) atoms. The lowest BCUT2D eigenvalue weighted by Crippen LogP contribution is -2.43. The molecular weight excluding hydrogens is 384 g/mol. The zero-order valence-electron chi connectivity index (χ0n) is 15.9. The number of amides is 1. The van der Waals surface area contributed by atoms with Gasteiger partial charge in [0.25, 0.3) is 5.91 Å². The second-order valence-corrected chi connectivity index (χ2v) is 8.05. The molecule has 1 saturated heterocycles. The third kappa shape index (κ3) is 4.90. The Labute approximate surface area is 169 Å².